The minimum Gasteiger partial charge on any atom is -0.504 e. The number of para-hydroxylation sites is 2. The number of hydrogen-bond acceptors (Lipinski definition) is 23. The molecule has 7 aliphatic heterocycles. The minimum atomic E-state index is -0.683. The molecule has 26 heteroatoms. The van der Waals surface area contributed by atoms with Crippen molar-refractivity contribution in [3.05, 3.63) is 151 Å². The van der Waals surface area contributed by atoms with Crippen molar-refractivity contribution in [3.8, 4) is 81.1 Å². The third-order valence-corrected chi connectivity index (χ3v) is 22.7. The average molecular weight is 1440 g/mol. The van der Waals surface area contributed by atoms with E-state index in [0.717, 1.165) is 46.2 Å². The van der Waals surface area contributed by atoms with Crippen LogP contribution < -0.4 is 48.5 Å². The molecule has 15 rings (SSSR count). The van der Waals surface area contributed by atoms with Crippen LogP contribution in [0.5, 0.6) is 69.0 Å². The Kier molecular flexibility index (Phi) is 21.7. The highest BCUT2D eigenvalue weighted by Crippen LogP contribution is 2.62. The van der Waals surface area contributed by atoms with Crippen molar-refractivity contribution >= 4 is 42.0 Å². The summed E-state index contributed by atoms with van der Waals surface area (Å²) >= 11 is 0. The van der Waals surface area contributed by atoms with Crippen molar-refractivity contribution in [1.82, 2.24) is 40.2 Å². The molecule has 2 unspecified atom stereocenters. The van der Waals surface area contributed by atoms with Gasteiger partial charge in [-0.15, -0.1) is 0 Å². The van der Waals surface area contributed by atoms with Crippen molar-refractivity contribution in [2.24, 2.45) is 0 Å². The van der Waals surface area contributed by atoms with Crippen LogP contribution in [0.15, 0.2) is 72.8 Å². The van der Waals surface area contributed by atoms with E-state index >= 15 is 0 Å². The number of methoxy groups -OCH3 is 8. The summed E-state index contributed by atoms with van der Waals surface area (Å²) in [7, 11) is 16.3. The Labute approximate surface area is 618 Å². The number of benzene rings is 6. The first kappa shape index (κ1) is 75.2. The van der Waals surface area contributed by atoms with Gasteiger partial charge in [-0.25, -0.2) is 9.97 Å². The van der Waals surface area contributed by atoms with Crippen molar-refractivity contribution in [2.45, 2.75) is 127 Å². The fourth-order valence-electron chi connectivity index (χ4n) is 18.3. The monoisotopic (exact) mass is 1440 g/mol. The maximum atomic E-state index is 13.7. The number of piperazine rings is 2. The van der Waals surface area contributed by atoms with Crippen LogP contribution in [-0.4, -0.2) is 204 Å². The summed E-state index contributed by atoms with van der Waals surface area (Å²) in [5, 5.41) is 77.3. The van der Waals surface area contributed by atoms with Gasteiger partial charge in [0.25, 0.3) is 11.8 Å². The lowest BCUT2D eigenvalue weighted by atomic mass is 9.71. The number of carbonyl (C=O) groups excluding carboxylic acids is 2. The zero-order chi connectivity index (χ0) is 74.7. The van der Waals surface area contributed by atoms with Gasteiger partial charge in [0.15, 0.2) is 46.0 Å². The largest absolute Gasteiger partial charge is 0.504 e. The van der Waals surface area contributed by atoms with Crippen LogP contribution in [0, 0.1) is 50.4 Å². The smallest absolute Gasteiger partial charge is 0.269 e. The van der Waals surface area contributed by atoms with E-state index in [2.05, 4.69) is 52.3 Å². The van der Waals surface area contributed by atoms with Crippen LogP contribution in [0.4, 0.5) is 0 Å². The molecule has 2 amide bonds. The molecule has 3 saturated heterocycles. The van der Waals surface area contributed by atoms with Gasteiger partial charge in [0.2, 0.25) is 0 Å². The van der Waals surface area contributed by atoms with E-state index in [-0.39, 0.29) is 91.3 Å². The number of phenolic OH excluding ortho intramolecular Hbond substituents is 4. The van der Waals surface area contributed by atoms with Gasteiger partial charge in [-0.2, -0.15) is 10.5 Å². The number of nitrogens with one attached hydrogen (secondary N) is 2. The third-order valence-electron chi connectivity index (χ3n) is 22.7. The summed E-state index contributed by atoms with van der Waals surface area (Å²) in [6.07, 6.45) is 4.13. The number of carbonyl (C=O) groups is 2. The summed E-state index contributed by atoms with van der Waals surface area (Å²) in [5.41, 5.74) is 10.1. The number of ether oxygens (including phenoxy) is 9. The molecule has 106 heavy (non-hydrogen) atoms. The predicted octanol–water partition coefficient (Wildman–Crippen LogP) is 9.41. The Morgan fingerprint density at radius 3 is 1.07 bits per heavy atom. The Bertz CT molecular complexity index is 4550. The van der Waals surface area contributed by atoms with Crippen LogP contribution in [0.25, 0.3) is 21.8 Å². The number of nitrogens with zero attached hydrogens (tertiary/aromatic N) is 8. The maximum absolute atomic E-state index is 13.7. The Hall–Kier alpha value is -10.5. The molecule has 9 heterocycles. The number of aromatic nitrogens is 2. The number of amides is 2. The molecule has 553 valence electrons. The first-order valence-corrected chi connectivity index (χ1v) is 35.2. The van der Waals surface area contributed by atoms with Gasteiger partial charge in [0, 0.05) is 136 Å². The number of pyridine rings is 2. The molecule has 3 radical (unpaired) electrons. The second-order valence-electron chi connectivity index (χ2n) is 27.6. The van der Waals surface area contributed by atoms with Gasteiger partial charge >= 0.3 is 0 Å². The van der Waals surface area contributed by atoms with Crippen molar-refractivity contribution < 1.29 is 72.6 Å². The summed E-state index contributed by atoms with van der Waals surface area (Å²) in [6, 6.07) is 22.4. The molecule has 2 aromatic heterocycles. The molecule has 4 bridgehead atoms. The van der Waals surface area contributed by atoms with Gasteiger partial charge < -0.3 is 73.7 Å². The number of likely N-dealkylation sites (N-methyl/N-ethyl adjacent to an activating group) is 2. The second-order valence-corrected chi connectivity index (χ2v) is 27.6. The van der Waals surface area contributed by atoms with Crippen LogP contribution in [0.2, 0.25) is 0 Å². The Morgan fingerprint density at radius 2 is 0.764 bits per heavy atom. The highest BCUT2D eigenvalue weighted by Gasteiger charge is 2.59. The summed E-state index contributed by atoms with van der Waals surface area (Å²) in [5.74, 6) is 2.72. The molecule has 10 atom stereocenters. The van der Waals surface area contributed by atoms with Gasteiger partial charge in [-0.1, -0.05) is 48.5 Å². The van der Waals surface area contributed by atoms with Gasteiger partial charge in [-0.05, 0) is 105 Å². The standard InChI is InChI=1S/2C38H41N5O7.C4H8O.B/c2*1-18-34(47-4)21-15-26-31-30-22(35(48-5)19(2)37(50-7)33(30)45)14-25(42(31)3)27(16-39)43(26)28(29(21)32(44)36(18)49-6)17-40-38(46)24-13-12-20-10-8-9-11-23(20)41-24;1-2-4-5-3-1;/h2*8-13,25-28,31,44-45H,14-15,17H2,1-7H3,(H,40,46);1-4H2;/t2*25-,26-,27?,28-,31-;;/m00../s1. The Morgan fingerprint density at radius 1 is 0.462 bits per heavy atom. The van der Waals surface area contributed by atoms with Gasteiger partial charge in [0.1, 0.15) is 46.5 Å². The third kappa shape index (κ3) is 12.2. The fourth-order valence-corrected chi connectivity index (χ4v) is 18.3. The first-order valence-electron chi connectivity index (χ1n) is 35.2. The van der Waals surface area contributed by atoms with Crippen molar-refractivity contribution in [2.75, 3.05) is 97.3 Å². The molecule has 25 nitrogen and oxygen atoms in total. The zero-order valence-corrected chi connectivity index (χ0v) is 62.2. The highest BCUT2D eigenvalue weighted by molar-refractivity contribution is 5.96. The number of rotatable bonds is 14. The minimum absolute atomic E-state index is 0. The zero-order valence-electron chi connectivity index (χ0n) is 62.2. The summed E-state index contributed by atoms with van der Waals surface area (Å²) in [6.45, 7) is 9.44. The Balaban J connectivity index is 0.000000184. The SMILES string of the molecule is C1CCOC1.COc1c(C)c(OC)c2c(c1O)[C@@H]1[C@@H]3Cc4c(OC)c(C)c(OC)c(O)c4[C@H](CNC(=O)c4ccc5ccccc5n4)N3C(C#N)[C@H](C2)N1C.COc1c(C)c(OC)c2c(c1O)[C@@H]1[C@@H]3Cc4c(OC)c(C)c(OC)c(O)c4[C@H](CNC(=O)c4ccc5ccccc5n4)N3C(C#N)[C@H](C2)N1C.[B]. The van der Waals surface area contributed by atoms with Crippen molar-refractivity contribution in [3.63, 3.8) is 0 Å². The second kappa shape index (κ2) is 30.5. The molecule has 8 aromatic rings. The maximum Gasteiger partial charge on any atom is 0.269 e. The van der Waals surface area contributed by atoms with Gasteiger partial charge in [-0.3, -0.25) is 29.2 Å². The molecule has 3 fully saturated rings. The molecule has 7 aliphatic rings. The van der Waals surface area contributed by atoms with Crippen LogP contribution in [0.3, 0.4) is 0 Å². The van der Waals surface area contributed by atoms with E-state index < -0.39 is 48.3 Å². The van der Waals surface area contributed by atoms with E-state index in [1.165, 1.54) is 41.3 Å². The molecular formula is C80H90BN10O15. The summed E-state index contributed by atoms with van der Waals surface area (Å²) in [4.78, 5) is 45.1. The van der Waals surface area contributed by atoms with Crippen LogP contribution >= 0.6 is 0 Å². The molecule has 0 spiro atoms. The average Bonchev–Trinajstić information content (AvgIpc) is 1.01. The number of nitriles is 2. The lowest BCUT2D eigenvalue weighted by Crippen LogP contribution is -2.68. The number of aromatic hydroxyl groups is 4. The molecule has 0 aliphatic carbocycles. The van der Waals surface area contributed by atoms with E-state index in [9.17, 15) is 40.5 Å². The highest BCUT2D eigenvalue weighted by atomic mass is 16.5. The van der Waals surface area contributed by atoms with E-state index in [0.29, 0.717) is 116 Å². The molecule has 6 N–H and O–H groups in total. The normalized spacial score (nSPS) is 22.3. The number of hydrogen-bond donors (Lipinski definition) is 6. The lowest BCUT2D eigenvalue weighted by Gasteiger charge is -2.60. The fraction of sp³-hybridized carbons (Fsp3) is 0.425. The molecule has 0 saturated carbocycles. The van der Waals surface area contributed by atoms with E-state index in [1.807, 2.05) is 102 Å². The number of fused-ring (bicyclic) bond motifs is 16. The first-order chi connectivity index (χ1) is 50.7. The number of phenols is 4. The topological polar surface area (TPSA) is 309 Å². The van der Waals surface area contributed by atoms with Crippen molar-refractivity contribution in [1.29, 1.82) is 10.5 Å². The molecule has 6 aromatic carbocycles. The summed E-state index contributed by atoms with van der Waals surface area (Å²) < 4.78 is 51.6. The predicted molar refractivity (Wildman–Crippen MR) is 397 cm³/mol. The van der Waals surface area contributed by atoms with Gasteiger partial charge in [0.05, 0.1) is 104 Å². The molecular weight excluding hydrogens is 1350 g/mol. The lowest BCUT2D eigenvalue weighted by molar-refractivity contribution is -0.0724. The van der Waals surface area contributed by atoms with E-state index in [1.54, 1.807) is 40.6 Å². The van der Waals surface area contributed by atoms with Crippen LogP contribution in [-0.2, 0) is 30.4 Å². The van der Waals surface area contributed by atoms with E-state index in [4.69, 9.17) is 42.6 Å². The quantitative estimate of drug-likeness (QED) is 0.0552. The van der Waals surface area contributed by atoms with Crippen LogP contribution in [0.1, 0.15) is 125 Å².